The van der Waals surface area contributed by atoms with E-state index in [0.29, 0.717) is 27.3 Å². The fraction of sp³-hybridized carbons (Fsp3) is 0.286. The molecular weight excluding hydrogens is 612 g/mol. The molecule has 0 spiro atoms. The summed E-state index contributed by atoms with van der Waals surface area (Å²) in [6.45, 7) is -0.554. The quantitative estimate of drug-likeness (QED) is 0.232. The van der Waals surface area contributed by atoms with Crippen LogP contribution in [0.1, 0.15) is 23.2 Å². The molecule has 0 radical (unpaired) electrons. The number of benzene rings is 1. The predicted molar refractivity (Wildman–Crippen MR) is 160 cm³/mol. The van der Waals surface area contributed by atoms with Gasteiger partial charge in [-0.25, -0.2) is 23.2 Å². The van der Waals surface area contributed by atoms with Gasteiger partial charge in [0.1, 0.15) is 5.03 Å². The third-order valence-electron chi connectivity index (χ3n) is 7.38. The van der Waals surface area contributed by atoms with Gasteiger partial charge < -0.3 is 25.5 Å². The molecule has 1 fully saturated rings. The largest absolute Gasteiger partial charge is 0.627 e. The fourth-order valence-electron chi connectivity index (χ4n) is 5.14. The van der Waals surface area contributed by atoms with Crippen LogP contribution in [0.5, 0.6) is 0 Å². The maximum atomic E-state index is 14.0. The number of hydroxylamine groups is 2. The van der Waals surface area contributed by atoms with Crippen LogP contribution < -0.4 is 10.4 Å². The van der Waals surface area contributed by atoms with Crippen LogP contribution >= 0.6 is 11.6 Å². The Kier molecular flexibility index (Phi) is 9.03. The number of H-pyrrole nitrogens is 1. The number of rotatable bonds is 8. The zero-order valence-corrected chi connectivity index (χ0v) is 25.3. The molecule has 0 aliphatic carbocycles. The minimum Gasteiger partial charge on any atom is -0.627 e. The van der Waals surface area contributed by atoms with Gasteiger partial charge >= 0.3 is 5.91 Å². The SMILES string of the molecule is CNC(=O)CC1CN(S(=O)(=O)c2cc3cc(Cl)ccc3[nH]2)CC(CC(=O)[NH+](C)[O-])N1C(=O)c1cnc(-c2ccncc2)nc1. The molecule has 16 heteroatoms. The van der Waals surface area contributed by atoms with Gasteiger partial charge in [-0.15, -0.1) is 0 Å². The van der Waals surface area contributed by atoms with Crippen molar-refractivity contribution in [1.82, 2.24) is 34.5 Å². The van der Waals surface area contributed by atoms with Crippen molar-refractivity contribution in [2.75, 3.05) is 27.2 Å². The Balaban J connectivity index is 1.52. The van der Waals surface area contributed by atoms with Crippen molar-refractivity contribution < 1.29 is 27.9 Å². The number of carbonyl (C=O) groups is 3. The number of halogens is 1. The van der Waals surface area contributed by atoms with E-state index in [-0.39, 0.29) is 30.1 Å². The number of sulfonamides is 1. The normalized spacial score (nSPS) is 18.2. The molecule has 5 rings (SSSR count). The molecule has 4 aromatic rings. The second kappa shape index (κ2) is 12.8. The molecule has 0 saturated carbocycles. The van der Waals surface area contributed by atoms with Crippen LogP contribution in [0.3, 0.4) is 0 Å². The molecule has 44 heavy (non-hydrogen) atoms. The molecule has 1 aliphatic rings. The fourth-order valence-corrected chi connectivity index (χ4v) is 6.85. The zero-order chi connectivity index (χ0) is 31.6. The lowest BCUT2D eigenvalue weighted by Crippen LogP contribution is -3.07. The molecule has 3 amide bonds. The van der Waals surface area contributed by atoms with Crippen molar-refractivity contribution in [3.05, 3.63) is 77.0 Å². The molecule has 3 atom stereocenters. The Labute approximate surface area is 257 Å². The first-order valence-electron chi connectivity index (χ1n) is 13.6. The van der Waals surface area contributed by atoms with Gasteiger partial charge in [-0.3, -0.25) is 14.6 Å². The molecule has 3 aromatic heterocycles. The monoisotopic (exact) mass is 640 g/mol. The summed E-state index contributed by atoms with van der Waals surface area (Å²) in [6, 6.07) is 7.69. The highest BCUT2D eigenvalue weighted by Crippen LogP contribution is 2.30. The summed E-state index contributed by atoms with van der Waals surface area (Å²) < 4.78 is 28.9. The van der Waals surface area contributed by atoms with Crippen LogP contribution in [0.25, 0.3) is 22.3 Å². The maximum Gasteiger partial charge on any atom is 0.313 e. The number of nitrogens with zero attached hydrogens (tertiary/aromatic N) is 5. The van der Waals surface area contributed by atoms with Crippen molar-refractivity contribution >= 4 is 50.2 Å². The van der Waals surface area contributed by atoms with E-state index in [1.165, 1.54) is 30.4 Å². The minimum atomic E-state index is -4.21. The van der Waals surface area contributed by atoms with Gasteiger partial charge in [0.05, 0.1) is 31.1 Å². The summed E-state index contributed by atoms with van der Waals surface area (Å²) in [5, 5.41) is 14.6. The van der Waals surface area contributed by atoms with Crippen molar-refractivity contribution in [2.24, 2.45) is 0 Å². The van der Waals surface area contributed by atoms with E-state index in [1.54, 1.807) is 42.7 Å². The summed E-state index contributed by atoms with van der Waals surface area (Å²) in [7, 11) is -1.69. The highest BCUT2D eigenvalue weighted by Gasteiger charge is 2.44. The van der Waals surface area contributed by atoms with E-state index >= 15 is 0 Å². The number of aromatic amines is 1. The van der Waals surface area contributed by atoms with Gasteiger partial charge in [-0.1, -0.05) is 11.6 Å². The number of hydrogen-bond acceptors (Lipinski definition) is 9. The van der Waals surface area contributed by atoms with Crippen LogP contribution in [-0.2, 0) is 19.6 Å². The number of quaternary nitrogens is 1. The number of carbonyl (C=O) groups excluding carboxylic acids is 3. The number of amides is 3. The molecule has 3 N–H and O–H groups in total. The predicted octanol–water partition coefficient (Wildman–Crippen LogP) is 0.623. The number of fused-ring (bicyclic) bond motifs is 1. The highest BCUT2D eigenvalue weighted by molar-refractivity contribution is 7.89. The minimum absolute atomic E-state index is 0.0637. The Morgan fingerprint density at radius 2 is 1.73 bits per heavy atom. The second-order valence-corrected chi connectivity index (χ2v) is 12.6. The standard InChI is InChI=1S/C28H29ClN8O6S/c1-30-24(38)11-21-15-36(44(42,43)25-10-18-9-20(29)3-4-23(18)34-25)16-22(12-26(39)35(2)41)37(21)28(40)19-13-32-27(33-14-19)17-5-7-31-8-6-17/h3-10,13-14,21-22,34-35H,11-12,15-16H2,1-2H3,(H,30,38). The third-order valence-corrected chi connectivity index (χ3v) is 9.37. The molecule has 1 aromatic carbocycles. The summed E-state index contributed by atoms with van der Waals surface area (Å²) in [5.41, 5.74) is 1.29. The highest BCUT2D eigenvalue weighted by atomic mass is 35.5. The lowest BCUT2D eigenvalue weighted by atomic mass is 10.00. The van der Waals surface area contributed by atoms with Gasteiger partial charge in [0, 0.05) is 72.8 Å². The lowest BCUT2D eigenvalue weighted by molar-refractivity contribution is -0.741. The van der Waals surface area contributed by atoms with Crippen LogP contribution in [0, 0.1) is 5.21 Å². The van der Waals surface area contributed by atoms with Crippen molar-refractivity contribution in [2.45, 2.75) is 30.0 Å². The average Bonchev–Trinajstić information content (AvgIpc) is 3.45. The second-order valence-electron chi connectivity index (χ2n) is 10.3. The van der Waals surface area contributed by atoms with Crippen molar-refractivity contribution in [1.29, 1.82) is 0 Å². The zero-order valence-electron chi connectivity index (χ0n) is 23.7. The lowest BCUT2D eigenvalue weighted by Gasteiger charge is -2.45. The van der Waals surface area contributed by atoms with E-state index in [1.807, 2.05) is 0 Å². The van der Waals surface area contributed by atoms with Gasteiger partial charge in [0.25, 0.3) is 15.9 Å². The Bertz CT molecular complexity index is 1800. The van der Waals surface area contributed by atoms with Crippen LogP contribution in [0.15, 0.2) is 66.2 Å². The molecule has 0 bridgehead atoms. The summed E-state index contributed by atoms with van der Waals surface area (Å²) in [6.07, 6.45) is 5.09. The summed E-state index contributed by atoms with van der Waals surface area (Å²) in [5.74, 6) is -1.49. The molecule has 1 aliphatic heterocycles. The van der Waals surface area contributed by atoms with E-state index < -0.39 is 51.3 Å². The first-order chi connectivity index (χ1) is 21.0. The van der Waals surface area contributed by atoms with Crippen LogP contribution in [-0.4, -0.2) is 94.5 Å². The number of hydrogen-bond donors (Lipinski definition) is 3. The Hall–Kier alpha value is -4.28. The molecule has 230 valence electrons. The van der Waals surface area contributed by atoms with Gasteiger partial charge in [0.15, 0.2) is 5.82 Å². The number of aromatic nitrogens is 4. The van der Waals surface area contributed by atoms with E-state index in [4.69, 9.17) is 11.6 Å². The van der Waals surface area contributed by atoms with Gasteiger partial charge in [-0.05, 0) is 36.4 Å². The molecule has 4 heterocycles. The number of pyridine rings is 1. The van der Waals surface area contributed by atoms with E-state index in [0.717, 1.165) is 11.4 Å². The molecule has 1 saturated heterocycles. The summed E-state index contributed by atoms with van der Waals surface area (Å²) in [4.78, 5) is 56.0. The van der Waals surface area contributed by atoms with Crippen molar-refractivity contribution in [3.8, 4) is 11.4 Å². The topological polar surface area (TPSA) is 186 Å². The summed E-state index contributed by atoms with van der Waals surface area (Å²) >= 11 is 6.08. The van der Waals surface area contributed by atoms with E-state index in [9.17, 15) is 28.0 Å². The molecular formula is C28H29ClN8O6S. The smallest absolute Gasteiger partial charge is 0.313 e. The van der Waals surface area contributed by atoms with Gasteiger partial charge in [-0.2, -0.15) is 4.31 Å². The molecule has 14 nitrogen and oxygen atoms in total. The Morgan fingerprint density at radius 3 is 2.36 bits per heavy atom. The number of piperazine rings is 1. The van der Waals surface area contributed by atoms with Crippen LogP contribution in [0.2, 0.25) is 5.02 Å². The molecule has 3 unspecified atom stereocenters. The van der Waals surface area contributed by atoms with Gasteiger partial charge in [0.2, 0.25) is 5.91 Å². The maximum absolute atomic E-state index is 14.0. The third kappa shape index (κ3) is 6.46. The Morgan fingerprint density at radius 1 is 1.07 bits per heavy atom. The van der Waals surface area contributed by atoms with Crippen LogP contribution in [0.4, 0.5) is 0 Å². The average molecular weight is 641 g/mol. The first-order valence-corrected chi connectivity index (χ1v) is 15.4. The first kappa shape index (κ1) is 31.2. The van der Waals surface area contributed by atoms with Crippen molar-refractivity contribution in [3.63, 3.8) is 0 Å². The van der Waals surface area contributed by atoms with E-state index in [2.05, 4.69) is 25.3 Å². The number of nitrogens with one attached hydrogen (secondary N) is 3.